The largest absolute Gasteiger partial charge is 0.494 e. The van der Waals surface area contributed by atoms with Gasteiger partial charge in [0.2, 0.25) is 11.8 Å². The molecule has 3 aromatic carbocycles. The van der Waals surface area contributed by atoms with E-state index in [4.69, 9.17) is 4.74 Å². The van der Waals surface area contributed by atoms with Crippen LogP contribution in [0.4, 0.5) is 5.69 Å². The molecule has 0 aromatic heterocycles. The van der Waals surface area contributed by atoms with Crippen molar-refractivity contribution in [3.8, 4) is 5.75 Å². The zero-order chi connectivity index (χ0) is 29.4. The van der Waals surface area contributed by atoms with Gasteiger partial charge in [0.15, 0.2) is 0 Å². The van der Waals surface area contributed by atoms with Crippen molar-refractivity contribution in [2.24, 2.45) is 0 Å². The van der Waals surface area contributed by atoms with Crippen molar-refractivity contribution in [1.29, 1.82) is 0 Å². The van der Waals surface area contributed by atoms with Crippen molar-refractivity contribution in [3.63, 3.8) is 0 Å². The van der Waals surface area contributed by atoms with E-state index in [0.717, 1.165) is 21.0 Å². The van der Waals surface area contributed by atoms with Gasteiger partial charge in [0.1, 0.15) is 18.3 Å². The van der Waals surface area contributed by atoms with E-state index in [-0.39, 0.29) is 23.4 Å². The molecule has 3 aromatic rings. The number of benzene rings is 3. The minimum absolute atomic E-state index is 0.0656. The average Bonchev–Trinajstić information content (AvgIpc) is 2.91. The highest BCUT2D eigenvalue weighted by Crippen LogP contribution is 2.27. The molecule has 0 aliphatic heterocycles. The second-order valence-corrected chi connectivity index (χ2v) is 11.9. The first kappa shape index (κ1) is 30.7. The van der Waals surface area contributed by atoms with Crippen LogP contribution in [0.25, 0.3) is 0 Å². The fourth-order valence-corrected chi connectivity index (χ4v) is 5.61. The predicted octanol–water partition coefficient (Wildman–Crippen LogP) is 4.84. The van der Waals surface area contributed by atoms with E-state index in [9.17, 15) is 18.0 Å². The number of aryl methyl sites for hydroxylation is 2. The smallest absolute Gasteiger partial charge is 0.264 e. The minimum Gasteiger partial charge on any atom is -0.494 e. The van der Waals surface area contributed by atoms with Crippen molar-refractivity contribution in [2.75, 3.05) is 17.5 Å². The second-order valence-electron chi connectivity index (χ2n) is 10.0. The van der Waals surface area contributed by atoms with Crippen LogP contribution in [0.1, 0.15) is 44.4 Å². The van der Waals surface area contributed by atoms with Crippen molar-refractivity contribution in [2.45, 2.75) is 65.1 Å². The number of rotatable bonds is 12. The van der Waals surface area contributed by atoms with Gasteiger partial charge in [-0.3, -0.25) is 13.9 Å². The summed E-state index contributed by atoms with van der Waals surface area (Å²) in [5, 5.41) is 2.86. The summed E-state index contributed by atoms with van der Waals surface area (Å²) in [6.45, 7) is 11.1. The second kappa shape index (κ2) is 13.5. The highest BCUT2D eigenvalue weighted by atomic mass is 32.2. The Kier molecular flexibility index (Phi) is 10.3. The van der Waals surface area contributed by atoms with Crippen molar-refractivity contribution >= 4 is 27.5 Å². The van der Waals surface area contributed by atoms with E-state index < -0.39 is 28.5 Å². The van der Waals surface area contributed by atoms with Crippen LogP contribution in [0, 0.1) is 13.8 Å². The quantitative estimate of drug-likeness (QED) is 0.339. The molecule has 0 fully saturated rings. The van der Waals surface area contributed by atoms with E-state index in [2.05, 4.69) is 5.32 Å². The molecule has 214 valence electrons. The lowest BCUT2D eigenvalue weighted by Crippen LogP contribution is -2.52. The molecule has 0 spiro atoms. The summed E-state index contributed by atoms with van der Waals surface area (Å²) in [5.74, 6) is -0.226. The van der Waals surface area contributed by atoms with Gasteiger partial charge in [-0.05, 0) is 89.1 Å². The third-order valence-corrected chi connectivity index (χ3v) is 8.31. The number of sulfonamides is 1. The average molecular weight is 566 g/mol. The van der Waals surface area contributed by atoms with Gasteiger partial charge in [-0.25, -0.2) is 8.42 Å². The van der Waals surface area contributed by atoms with Crippen molar-refractivity contribution in [1.82, 2.24) is 10.2 Å². The van der Waals surface area contributed by atoms with Gasteiger partial charge in [0, 0.05) is 12.6 Å². The van der Waals surface area contributed by atoms with Crippen LogP contribution in [0.15, 0.2) is 77.7 Å². The summed E-state index contributed by atoms with van der Waals surface area (Å²) in [7, 11) is -4.13. The number of ether oxygens (including phenoxy) is 1. The van der Waals surface area contributed by atoms with Gasteiger partial charge in [0.25, 0.3) is 10.0 Å². The molecule has 3 rings (SSSR count). The summed E-state index contributed by atoms with van der Waals surface area (Å²) in [5.41, 5.74) is 3.06. The molecule has 0 aliphatic carbocycles. The van der Waals surface area contributed by atoms with Gasteiger partial charge >= 0.3 is 0 Å². The molecule has 1 unspecified atom stereocenters. The lowest BCUT2D eigenvalue weighted by atomic mass is 10.1. The van der Waals surface area contributed by atoms with Crippen LogP contribution in [0.2, 0.25) is 0 Å². The van der Waals surface area contributed by atoms with E-state index in [0.29, 0.717) is 18.0 Å². The number of nitrogens with one attached hydrogen (secondary N) is 1. The van der Waals surface area contributed by atoms with E-state index in [1.807, 2.05) is 58.9 Å². The molecule has 2 amide bonds. The molecular weight excluding hydrogens is 526 g/mol. The number of carbonyl (C=O) groups is 2. The normalized spacial score (nSPS) is 12.1. The highest BCUT2D eigenvalue weighted by Gasteiger charge is 2.32. The Labute approximate surface area is 238 Å². The van der Waals surface area contributed by atoms with E-state index >= 15 is 0 Å². The number of carbonyl (C=O) groups excluding carboxylic acids is 2. The molecule has 0 radical (unpaired) electrons. The Bertz CT molecular complexity index is 1400. The fourth-order valence-electron chi connectivity index (χ4n) is 4.20. The third-order valence-electron chi connectivity index (χ3n) is 6.52. The maximum Gasteiger partial charge on any atom is 0.264 e. The molecular formula is C31H39N3O5S. The van der Waals surface area contributed by atoms with Crippen molar-refractivity contribution in [3.05, 3.63) is 89.5 Å². The molecule has 0 bridgehead atoms. The first-order valence-electron chi connectivity index (χ1n) is 13.4. The third kappa shape index (κ3) is 7.63. The lowest BCUT2D eigenvalue weighted by Gasteiger charge is -2.32. The first-order chi connectivity index (χ1) is 18.9. The molecule has 0 aliphatic rings. The SMILES string of the molecule is CCOc1ccc(N(CC(=O)N(Cc2ccccc2C)C(C)C(=O)NC(C)C)S(=O)(=O)c2ccc(C)cc2)cc1. The zero-order valence-electron chi connectivity index (χ0n) is 24.0. The monoisotopic (exact) mass is 565 g/mol. The maximum atomic E-state index is 14.0. The van der Waals surface area contributed by atoms with Gasteiger partial charge in [-0.2, -0.15) is 0 Å². The number of anilines is 1. The van der Waals surface area contributed by atoms with Crippen LogP contribution in [-0.4, -0.2) is 50.4 Å². The molecule has 40 heavy (non-hydrogen) atoms. The number of amides is 2. The minimum atomic E-state index is -4.13. The molecule has 1 N–H and O–H groups in total. The highest BCUT2D eigenvalue weighted by molar-refractivity contribution is 7.92. The molecule has 0 saturated carbocycles. The number of hydrogen-bond donors (Lipinski definition) is 1. The number of nitrogens with zero attached hydrogens (tertiary/aromatic N) is 2. The summed E-state index contributed by atoms with van der Waals surface area (Å²) in [6, 6.07) is 19.7. The fraction of sp³-hybridized carbons (Fsp3) is 0.355. The Balaban J connectivity index is 2.04. The summed E-state index contributed by atoms with van der Waals surface area (Å²) in [6.07, 6.45) is 0. The van der Waals surface area contributed by atoms with E-state index in [1.165, 1.54) is 17.0 Å². The number of hydrogen-bond acceptors (Lipinski definition) is 5. The topological polar surface area (TPSA) is 96.0 Å². The molecule has 9 heteroatoms. The van der Waals surface area contributed by atoms with Crippen LogP contribution in [0.3, 0.4) is 0 Å². The summed E-state index contributed by atoms with van der Waals surface area (Å²) >= 11 is 0. The lowest BCUT2D eigenvalue weighted by molar-refractivity contribution is -0.139. The Morgan fingerprint density at radius 2 is 1.52 bits per heavy atom. The molecule has 1 atom stereocenters. The van der Waals surface area contributed by atoms with Gasteiger partial charge in [-0.15, -0.1) is 0 Å². The Morgan fingerprint density at radius 1 is 0.900 bits per heavy atom. The van der Waals surface area contributed by atoms with Gasteiger partial charge in [0.05, 0.1) is 17.2 Å². The predicted molar refractivity (Wildman–Crippen MR) is 158 cm³/mol. The van der Waals surface area contributed by atoms with Gasteiger partial charge < -0.3 is 15.0 Å². The molecule has 8 nitrogen and oxygen atoms in total. The van der Waals surface area contributed by atoms with Crippen LogP contribution in [-0.2, 0) is 26.2 Å². The Hall–Kier alpha value is -3.85. The zero-order valence-corrected chi connectivity index (χ0v) is 24.9. The van der Waals surface area contributed by atoms with Gasteiger partial charge in [-0.1, -0.05) is 42.0 Å². The van der Waals surface area contributed by atoms with E-state index in [1.54, 1.807) is 43.3 Å². The summed E-state index contributed by atoms with van der Waals surface area (Å²) < 4.78 is 34.5. The van der Waals surface area contributed by atoms with Crippen LogP contribution in [0.5, 0.6) is 5.75 Å². The standard InChI is InChI=1S/C31H39N3O5S/c1-7-39-28-16-14-27(15-17-28)34(40(37,38)29-18-12-23(4)13-19-29)21-30(35)33(25(6)31(36)32-22(2)3)20-26-11-9-8-10-24(26)5/h8-19,22,25H,7,20-21H2,1-6H3,(H,32,36). The van der Waals surface area contributed by atoms with Crippen LogP contribution >= 0.6 is 0 Å². The van der Waals surface area contributed by atoms with Crippen LogP contribution < -0.4 is 14.4 Å². The molecule has 0 heterocycles. The maximum absolute atomic E-state index is 14.0. The summed E-state index contributed by atoms with van der Waals surface area (Å²) in [4.78, 5) is 28.5. The Morgan fingerprint density at radius 3 is 2.10 bits per heavy atom. The first-order valence-corrected chi connectivity index (χ1v) is 14.8. The van der Waals surface area contributed by atoms with Crippen molar-refractivity contribution < 1.29 is 22.7 Å². The molecule has 0 saturated heterocycles.